The fourth-order valence-electron chi connectivity index (χ4n) is 1.99. The van der Waals surface area contributed by atoms with E-state index in [1.807, 2.05) is 0 Å². The quantitative estimate of drug-likeness (QED) is 0.553. The smallest absolute Gasteiger partial charge is 0.334 e. The van der Waals surface area contributed by atoms with E-state index >= 15 is 0 Å². The maximum Gasteiger partial charge on any atom is 0.512 e. The fourth-order valence-corrected chi connectivity index (χ4v) is 5.00. The second-order valence-corrected chi connectivity index (χ2v) is 8.38. The zero-order chi connectivity index (χ0) is 14.5. The van der Waals surface area contributed by atoms with Gasteiger partial charge in [0.1, 0.15) is 0 Å². The molecule has 0 heterocycles. The molecule has 0 aliphatic heterocycles. The third-order valence-electron chi connectivity index (χ3n) is 2.87. The van der Waals surface area contributed by atoms with Crippen LogP contribution in [0.2, 0.25) is 12.1 Å². The highest BCUT2D eigenvalue weighted by Crippen LogP contribution is 2.32. The SMILES string of the molecule is CC[Si](Cc1ccccc1)(CC(F)F)OC(F)(F)F. The van der Waals surface area contributed by atoms with Crippen molar-refractivity contribution in [3.8, 4) is 0 Å². The van der Waals surface area contributed by atoms with Gasteiger partial charge in [0.2, 0.25) is 14.7 Å². The molecule has 1 atom stereocenters. The maximum atomic E-state index is 12.6. The van der Waals surface area contributed by atoms with Crippen molar-refractivity contribution >= 4 is 8.32 Å². The second kappa shape index (κ2) is 6.47. The molecule has 1 aromatic carbocycles. The highest BCUT2D eigenvalue weighted by molar-refractivity contribution is 6.73. The Morgan fingerprint density at radius 3 is 2.16 bits per heavy atom. The predicted octanol–water partition coefficient (Wildman–Crippen LogP) is 4.54. The minimum Gasteiger partial charge on any atom is -0.334 e. The van der Waals surface area contributed by atoms with Gasteiger partial charge in [0.25, 0.3) is 0 Å². The van der Waals surface area contributed by atoms with Crippen LogP contribution in [0.3, 0.4) is 0 Å². The summed E-state index contributed by atoms with van der Waals surface area (Å²) in [6, 6.07) is 7.43. The van der Waals surface area contributed by atoms with Crippen molar-refractivity contribution in [2.45, 2.75) is 37.8 Å². The van der Waals surface area contributed by atoms with E-state index in [1.165, 1.54) is 6.92 Å². The van der Waals surface area contributed by atoms with Gasteiger partial charge in [-0.2, -0.15) is 0 Å². The first-order chi connectivity index (χ1) is 8.76. The molecule has 0 amide bonds. The molecule has 0 radical (unpaired) electrons. The summed E-state index contributed by atoms with van der Waals surface area (Å²) in [4.78, 5) is 0. The van der Waals surface area contributed by atoms with E-state index in [9.17, 15) is 22.0 Å². The van der Waals surface area contributed by atoms with Crippen LogP contribution in [0.25, 0.3) is 0 Å². The number of hydrogen-bond acceptors (Lipinski definition) is 1. The molecule has 0 spiro atoms. The van der Waals surface area contributed by atoms with Crippen molar-refractivity contribution in [2.75, 3.05) is 0 Å². The lowest BCUT2D eigenvalue weighted by molar-refractivity contribution is -0.282. The van der Waals surface area contributed by atoms with E-state index in [0.717, 1.165) is 0 Å². The van der Waals surface area contributed by atoms with Crippen LogP contribution in [0, 0.1) is 0 Å². The van der Waals surface area contributed by atoms with Gasteiger partial charge < -0.3 is 4.43 Å². The summed E-state index contributed by atoms with van der Waals surface area (Å²) in [5.74, 6) is 0. The number of benzene rings is 1. The van der Waals surface area contributed by atoms with Crippen LogP contribution >= 0.6 is 0 Å². The summed E-state index contributed by atoms with van der Waals surface area (Å²) >= 11 is 0. The van der Waals surface area contributed by atoms with Crippen LogP contribution in [-0.4, -0.2) is 21.1 Å². The minimum absolute atomic E-state index is 0.00819. The Balaban J connectivity index is 2.95. The third-order valence-corrected chi connectivity index (χ3v) is 6.93. The van der Waals surface area contributed by atoms with E-state index in [4.69, 9.17) is 0 Å². The Morgan fingerprint density at radius 1 is 1.16 bits per heavy atom. The third kappa shape index (κ3) is 5.69. The van der Waals surface area contributed by atoms with E-state index in [-0.39, 0.29) is 12.1 Å². The molecular weight excluding hydrogens is 283 g/mol. The lowest BCUT2D eigenvalue weighted by Gasteiger charge is -2.31. The topological polar surface area (TPSA) is 9.23 Å². The van der Waals surface area contributed by atoms with Crippen LogP contribution in [0.4, 0.5) is 22.0 Å². The Morgan fingerprint density at radius 2 is 1.74 bits per heavy atom. The lowest BCUT2D eigenvalue weighted by Crippen LogP contribution is -2.46. The maximum absolute atomic E-state index is 12.6. The van der Waals surface area contributed by atoms with Gasteiger partial charge in [0.15, 0.2) is 0 Å². The van der Waals surface area contributed by atoms with Crippen LogP contribution in [0.5, 0.6) is 0 Å². The van der Waals surface area contributed by atoms with E-state index in [1.54, 1.807) is 30.3 Å². The Labute approximate surface area is 109 Å². The largest absolute Gasteiger partial charge is 0.512 e. The summed E-state index contributed by atoms with van der Waals surface area (Å²) < 4.78 is 66.7. The molecule has 7 heteroatoms. The second-order valence-electron chi connectivity index (χ2n) is 4.34. The molecule has 0 saturated heterocycles. The molecule has 1 nitrogen and oxygen atoms in total. The molecule has 0 aromatic heterocycles. The predicted molar refractivity (Wildman–Crippen MR) is 64.3 cm³/mol. The average Bonchev–Trinajstić information content (AvgIpc) is 2.27. The number of alkyl halides is 5. The summed E-state index contributed by atoms with van der Waals surface area (Å²) in [6.45, 7) is 1.48. The highest BCUT2D eigenvalue weighted by Gasteiger charge is 2.46. The zero-order valence-electron chi connectivity index (χ0n) is 10.4. The molecule has 1 rings (SSSR count). The van der Waals surface area contributed by atoms with Crippen molar-refractivity contribution < 1.29 is 26.4 Å². The van der Waals surface area contributed by atoms with Gasteiger partial charge in [-0.25, -0.2) is 8.78 Å². The average molecular weight is 298 g/mol. The van der Waals surface area contributed by atoms with Crippen molar-refractivity contribution in [2.24, 2.45) is 0 Å². The first-order valence-electron chi connectivity index (χ1n) is 5.85. The molecule has 19 heavy (non-hydrogen) atoms. The molecule has 0 aliphatic rings. The first kappa shape index (κ1) is 16.1. The molecule has 0 saturated carbocycles. The van der Waals surface area contributed by atoms with Gasteiger partial charge in [-0.05, 0) is 17.7 Å². The molecule has 0 fully saturated rings. The minimum atomic E-state index is -4.87. The normalized spacial score (nSPS) is 15.5. The zero-order valence-corrected chi connectivity index (χ0v) is 11.4. The van der Waals surface area contributed by atoms with Gasteiger partial charge in [0, 0.05) is 6.04 Å². The van der Waals surface area contributed by atoms with E-state index in [0.29, 0.717) is 5.56 Å². The van der Waals surface area contributed by atoms with Gasteiger partial charge in [-0.3, -0.25) is 0 Å². The van der Waals surface area contributed by atoms with E-state index in [2.05, 4.69) is 4.43 Å². The van der Waals surface area contributed by atoms with Crippen molar-refractivity contribution in [3.05, 3.63) is 35.9 Å². The number of rotatable bonds is 6. The van der Waals surface area contributed by atoms with Gasteiger partial charge in [-0.15, -0.1) is 13.2 Å². The standard InChI is InChI=1S/C12H15F5OSi/c1-2-19(9-11(13)14,18-12(15,16)17)8-10-6-4-3-5-7-10/h3-7,11H,2,8-9H2,1H3. The summed E-state index contributed by atoms with van der Waals surface area (Å²) in [5, 5.41) is 0. The molecule has 0 bridgehead atoms. The van der Waals surface area contributed by atoms with Crippen molar-refractivity contribution in [1.29, 1.82) is 0 Å². The molecule has 0 aliphatic carbocycles. The summed E-state index contributed by atoms with van der Waals surface area (Å²) in [6.07, 6.45) is -7.66. The Bertz CT molecular complexity index is 381. The molecule has 1 aromatic rings. The van der Waals surface area contributed by atoms with Crippen molar-refractivity contribution in [3.63, 3.8) is 0 Å². The van der Waals surface area contributed by atoms with Gasteiger partial charge >= 0.3 is 6.36 Å². The lowest BCUT2D eigenvalue weighted by atomic mass is 10.2. The number of hydrogen-bond donors (Lipinski definition) is 0. The first-order valence-corrected chi connectivity index (χ1v) is 8.38. The molecule has 1 unspecified atom stereocenters. The van der Waals surface area contributed by atoms with E-state index < -0.39 is 27.1 Å². The monoisotopic (exact) mass is 298 g/mol. The highest BCUT2D eigenvalue weighted by atomic mass is 28.4. The van der Waals surface area contributed by atoms with Crippen LogP contribution in [0.1, 0.15) is 12.5 Å². The van der Waals surface area contributed by atoms with Gasteiger partial charge in [-0.1, -0.05) is 37.3 Å². The van der Waals surface area contributed by atoms with Crippen LogP contribution in [-0.2, 0) is 10.5 Å². The van der Waals surface area contributed by atoms with Crippen LogP contribution < -0.4 is 0 Å². The summed E-state index contributed by atoms with van der Waals surface area (Å²) in [7, 11) is -3.58. The molecular formula is C12H15F5OSi. The summed E-state index contributed by atoms with van der Waals surface area (Å²) in [5.41, 5.74) is 0.598. The van der Waals surface area contributed by atoms with Gasteiger partial charge in [0.05, 0.1) is 0 Å². The Kier molecular flexibility index (Phi) is 5.48. The molecule has 0 N–H and O–H groups in total. The Hall–Kier alpha value is -0.953. The number of halogens is 5. The molecule has 108 valence electrons. The van der Waals surface area contributed by atoms with Crippen molar-refractivity contribution in [1.82, 2.24) is 0 Å². The fraction of sp³-hybridized carbons (Fsp3) is 0.500. The van der Waals surface area contributed by atoms with Crippen LogP contribution in [0.15, 0.2) is 30.3 Å².